The molecule has 4 heteroatoms. The van der Waals surface area contributed by atoms with Crippen molar-refractivity contribution in [2.24, 2.45) is 11.8 Å². The first-order valence-electron chi connectivity index (χ1n) is 5.12. The zero-order valence-corrected chi connectivity index (χ0v) is 8.35. The number of hydrogen-bond donors (Lipinski definition) is 1. The summed E-state index contributed by atoms with van der Waals surface area (Å²) in [7, 11) is 0. The van der Waals surface area contributed by atoms with Gasteiger partial charge in [-0.3, -0.25) is 4.79 Å². The fraction of sp³-hybridized carbons (Fsp3) is 0.636. The molecule has 0 bridgehead atoms. The summed E-state index contributed by atoms with van der Waals surface area (Å²) < 4.78 is 0. The summed E-state index contributed by atoms with van der Waals surface area (Å²) >= 11 is 0. The van der Waals surface area contributed by atoms with Gasteiger partial charge in [0.25, 0.3) is 0 Å². The number of carboxylic acid groups (broad SMARTS) is 1. The predicted molar refractivity (Wildman–Crippen MR) is 52.8 cm³/mol. The number of carboxylic acids is 1. The maximum absolute atomic E-state index is 11.6. The van der Waals surface area contributed by atoms with Crippen molar-refractivity contribution < 1.29 is 14.7 Å². The molecule has 4 nitrogen and oxygen atoms in total. The minimum atomic E-state index is -0.900. The van der Waals surface area contributed by atoms with Crippen LogP contribution in [0.4, 0.5) is 0 Å². The van der Waals surface area contributed by atoms with Gasteiger partial charge in [0, 0.05) is 18.9 Å². The van der Waals surface area contributed by atoms with Crippen molar-refractivity contribution in [1.29, 1.82) is 0 Å². The van der Waals surface area contributed by atoms with Crippen LogP contribution in [0, 0.1) is 24.2 Å². The van der Waals surface area contributed by atoms with Crippen molar-refractivity contribution in [2.75, 3.05) is 6.54 Å². The summed E-state index contributed by atoms with van der Waals surface area (Å²) in [5, 5.41) is 9.08. The number of hydrogen-bond acceptors (Lipinski definition) is 2. The van der Waals surface area contributed by atoms with Crippen LogP contribution < -0.4 is 0 Å². The maximum Gasteiger partial charge on any atom is 0.326 e. The SMILES string of the molecule is C#CC1CC(=O)N(C(C(=O)O)C2CC2)C1. The molecule has 0 radical (unpaired) electrons. The lowest BCUT2D eigenvalue weighted by Gasteiger charge is -2.23. The number of amides is 1. The molecular weight excluding hydrogens is 194 g/mol. The van der Waals surface area contributed by atoms with Crippen LogP contribution in [0.25, 0.3) is 0 Å². The molecule has 15 heavy (non-hydrogen) atoms. The Bertz CT molecular complexity index is 340. The first kappa shape index (κ1) is 10.0. The Labute approximate surface area is 88.3 Å². The van der Waals surface area contributed by atoms with E-state index in [2.05, 4.69) is 5.92 Å². The molecule has 1 saturated carbocycles. The predicted octanol–water partition coefficient (Wildman–Crippen LogP) is 0.331. The van der Waals surface area contributed by atoms with E-state index < -0.39 is 12.0 Å². The highest BCUT2D eigenvalue weighted by molar-refractivity contribution is 5.86. The molecule has 0 aromatic rings. The smallest absolute Gasteiger partial charge is 0.326 e. The van der Waals surface area contributed by atoms with E-state index in [0.717, 1.165) is 12.8 Å². The van der Waals surface area contributed by atoms with E-state index in [9.17, 15) is 9.59 Å². The molecule has 0 aromatic heterocycles. The van der Waals surface area contributed by atoms with Gasteiger partial charge in [0.05, 0.1) is 0 Å². The highest BCUT2D eigenvalue weighted by atomic mass is 16.4. The number of rotatable bonds is 3. The fourth-order valence-corrected chi connectivity index (χ4v) is 2.11. The number of likely N-dealkylation sites (tertiary alicyclic amines) is 1. The Morgan fingerprint density at radius 3 is 2.67 bits per heavy atom. The average molecular weight is 207 g/mol. The third-order valence-electron chi connectivity index (χ3n) is 3.05. The monoisotopic (exact) mass is 207 g/mol. The Kier molecular flexibility index (Phi) is 2.39. The van der Waals surface area contributed by atoms with Crippen molar-refractivity contribution in [2.45, 2.75) is 25.3 Å². The Hall–Kier alpha value is -1.50. The van der Waals surface area contributed by atoms with Crippen LogP contribution in [0.15, 0.2) is 0 Å². The lowest BCUT2D eigenvalue weighted by molar-refractivity contribution is -0.149. The van der Waals surface area contributed by atoms with Gasteiger partial charge in [0.15, 0.2) is 0 Å². The third kappa shape index (κ3) is 1.82. The summed E-state index contributed by atoms with van der Waals surface area (Å²) in [5.41, 5.74) is 0. The molecule has 2 fully saturated rings. The van der Waals surface area contributed by atoms with E-state index in [0.29, 0.717) is 13.0 Å². The molecule has 2 unspecified atom stereocenters. The molecule has 2 aliphatic rings. The van der Waals surface area contributed by atoms with Crippen molar-refractivity contribution in [3.63, 3.8) is 0 Å². The molecule has 1 heterocycles. The highest BCUT2D eigenvalue weighted by Gasteiger charge is 2.45. The van der Waals surface area contributed by atoms with Crippen LogP contribution in [0.1, 0.15) is 19.3 Å². The molecule has 1 aliphatic carbocycles. The van der Waals surface area contributed by atoms with E-state index in [1.165, 1.54) is 4.90 Å². The number of nitrogens with zero attached hydrogens (tertiary/aromatic N) is 1. The second kappa shape index (κ2) is 3.58. The summed E-state index contributed by atoms with van der Waals surface area (Å²) in [6, 6.07) is -0.643. The lowest BCUT2D eigenvalue weighted by atomic mass is 10.1. The maximum atomic E-state index is 11.6. The second-order valence-corrected chi connectivity index (χ2v) is 4.23. The third-order valence-corrected chi connectivity index (χ3v) is 3.05. The van der Waals surface area contributed by atoms with Crippen molar-refractivity contribution >= 4 is 11.9 Å². The Balaban J connectivity index is 2.12. The van der Waals surface area contributed by atoms with E-state index in [1.807, 2.05) is 0 Å². The normalized spacial score (nSPS) is 27.5. The number of aliphatic carboxylic acids is 1. The fourth-order valence-electron chi connectivity index (χ4n) is 2.11. The van der Waals surface area contributed by atoms with E-state index in [-0.39, 0.29) is 17.7 Å². The van der Waals surface area contributed by atoms with Crippen molar-refractivity contribution in [1.82, 2.24) is 4.90 Å². The van der Waals surface area contributed by atoms with Gasteiger partial charge in [-0.2, -0.15) is 0 Å². The first-order valence-corrected chi connectivity index (χ1v) is 5.12. The van der Waals surface area contributed by atoms with E-state index in [1.54, 1.807) is 0 Å². The number of carbonyl (C=O) groups is 2. The van der Waals surface area contributed by atoms with Crippen molar-refractivity contribution in [3.05, 3.63) is 0 Å². The van der Waals surface area contributed by atoms with Crippen LogP contribution in [0.3, 0.4) is 0 Å². The molecule has 2 atom stereocenters. The standard InChI is InChI=1S/C11H13NO3/c1-2-7-5-9(13)12(6-7)10(11(14)15)8-3-4-8/h1,7-8,10H,3-6H2,(H,14,15). The Morgan fingerprint density at radius 1 is 1.60 bits per heavy atom. The minimum Gasteiger partial charge on any atom is -0.480 e. The van der Waals surface area contributed by atoms with Gasteiger partial charge in [-0.15, -0.1) is 12.3 Å². The molecular formula is C11H13NO3. The zero-order chi connectivity index (χ0) is 11.0. The molecule has 0 aromatic carbocycles. The van der Waals surface area contributed by atoms with Gasteiger partial charge in [-0.25, -0.2) is 4.79 Å². The second-order valence-electron chi connectivity index (χ2n) is 4.23. The number of terminal acetylenes is 1. The van der Waals surface area contributed by atoms with Crippen LogP contribution in [-0.4, -0.2) is 34.5 Å². The quantitative estimate of drug-likeness (QED) is 0.678. The molecule has 80 valence electrons. The van der Waals surface area contributed by atoms with Gasteiger partial charge in [-0.1, -0.05) is 0 Å². The largest absolute Gasteiger partial charge is 0.480 e. The summed E-state index contributed by atoms with van der Waals surface area (Å²) in [6.07, 6.45) is 7.36. The summed E-state index contributed by atoms with van der Waals surface area (Å²) in [5.74, 6) is 1.54. The molecule has 2 rings (SSSR count). The summed E-state index contributed by atoms with van der Waals surface area (Å²) in [4.78, 5) is 24.1. The van der Waals surface area contributed by atoms with E-state index in [4.69, 9.17) is 11.5 Å². The highest BCUT2D eigenvalue weighted by Crippen LogP contribution is 2.37. The van der Waals surface area contributed by atoms with Crippen LogP contribution in [-0.2, 0) is 9.59 Å². The Morgan fingerprint density at radius 2 is 2.27 bits per heavy atom. The van der Waals surface area contributed by atoms with Crippen LogP contribution in [0.2, 0.25) is 0 Å². The van der Waals surface area contributed by atoms with Crippen molar-refractivity contribution in [3.8, 4) is 12.3 Å². The average Bonchev–Trinajstić information content (AvgIpc) is 2.92. The van der Waals surface area contributed by atoms with Gasteiger partial charge in [0.1, 0.15) is 6.04 Å². The molecule has 1 aliphatic heterocycles. The van der Waals surface area contributed by atoms with Crippen LogP contribution >= 0.6 is 0 Å². The molecule has 1 amide bonds. The van der Waals surface area contributed by atoms with Gasteiger partial charge >= 0.3 is 5.97 Å². The molecule has 1 N–H and O–H groups in total. The number of carbonyl (C=O) groups excluding carboxylic acids is 1. The van der Waals surface area contributed by atoms with E-state index >= 15 is 0 Å². The van der Waals surface area contributed by atoms with Crippen LogP contribution in [0.5, 0.6) is 0 Å². The topological polar surface area (TPSA) is 57.6 Å². The molecule has 0 spiro atoms. The lowest BCUT2D eigenvalue weighted by Crippen LogP contribution is -2.43. The summed E-state index contributed by atoms with van der Waals surface area (Å²) in [6.45, 7) is 0.406. The van der Waals surface area contributed by atoms with Gasteiger partial charge < -0.3 is 10.0 Å². The molecule has 1 saturated heterocycles. The zero-order valence-electron chi connectivity index (χ0n) is 8.35. The first-order chi connectivity index (χ1) is 7.13. The van der Waals surface area contributed by atoms with Gasteiger partial charge in [-0.05, 0) is 18.8 Å². The minimum absolute atomic E-state index is 0.113. The van der Waals surface area contributed by atoms with Gasteiger partial charge in [0.2, 0.25) is 5.91 Å².